The van der Waals surface area contributed by atoms with Crippen molar-refractivity contribution in [3.8, 4) is 11.5 Å². The van der Waals surface area contributed by atoms with E-state index in [9.17, 15) is 0 Å². The third-order valence-electron chi connectivity index (χ3n) is 1.85. The monoisotopic (exact) mass is 215 g/mol. The van der Waals surface area contributed by atoms with E-state index in [1.807, 2.05) is 18.2 Å². The zero-order chi connectivity index (χ0) is 10.9. The Kier molecular flexibility index (Phi) is 2.37. The quantitative estimate of drug-likeness (QED) is 0.498. The average Bonchev–Trinajstić information content (AvgIpc) is 2.56. The van der Waals surface area contributed by atoms with Crippen LogP contribution < -0.4 is 0 Å². The Labute approximate surface area is 90.3 Å². The summed E-state index contributed by atoms with van der Waals surface area (Å²) in [6.07, 6.45) is 1.76. The van der Waals surface area contributed by atoms with Crippen LogP contribution in [0.1, 0.15) is 5.76 Å². The van der Waals surface area contributed by atoms with Gasteiger partial charge in [0, 0.05) is 12.3 Å². The molecule has 2 nitrogen and oxygen atoms in total. The van der Waals surface area contributed by atoms with E-state index < -0.39 is 8.07 Å². The van der Waals surface area contributed by atoms with Crippen LogP contribution in [0.5, 0.6) is 0 Å². The Morgan fingerprint density at radius 2 is 2.13 bits per heavy atom. The Balaban J connectivity index is 2.41. The predicted octanol–water partition coefficient (Wildman–Crippen LogP) is 3.06. The summed E-state index contributed by atoms with van der Waals surface area (Å²) in [7, 11) is -1.33. The van der Waals surface area contributed by atoms with Gasteiger partial charge < -0.3 is 4.42 Å². The summed E-state index contributed by atoms with van der Waals surface area (Å²) in [4.78, 5) is 4.20. The number of rotatable bonds is 0. The lowest BCUT2D eigenvalue weighted by atomic mass is 10.4. The molecular formula is C12H13NOSi. The van der Waals surface area contributed by atoms with Crippen molar-refractivity contribution in [1.82, 2.24) is 4.98 Å². The molecule has 2 rings (SSSR count). The van der Waals surface area contributed by atoms with Gasteiger partial charge in [-0.3, -0.25) is 4.98 Å². The Morgan fingerprint density at radius 3 is 2.80 bits per heavy atom. The molecule has 3 heteroatoms. The van der Waals surface area contributed by atoms with E-state index in [0.717, 1.165) is 11.1 Å². The molecule has 0 radical (unpaired) electrons. The Bertz CT molecular complexity index is 507. The lowest BCUT2D eigenvalue weighted by molar-refractivity contribution is 0.601. The summed E-state index contributed by atoms with van der Waals surface area (Å²) in [5.74, 6) is 3.79. The van der Waals surface area contributed by atoms with E-state index in [2.05, 4.69) is 36.1 Å². The Morgan fingerprint density at radius 1 is 1.33 bits per heavy atom. The molecule has 0 fully saturated rings. The molecule has 0 saturated carbocycles. The molecule has 2 heterocycles. The van der Waals surface area contributed by atoms with Gasteiger partial charge in [-0.1, -0.05) is 19.6 Å². The molecule has 0 aromatic carbocycles. The van der Waals surface area contributed by atoms with Gasteiger partial charge in [0.25, 0.3) is 0 Å². The molecular weight excluding hydrogens is 202 g/mol. The van der Waals surface area contributed by atoms with Gasteiger partial charge in [0.15, 0.2) is 11.3 Å². The van der Waals surface area contributed by atoms with Gasteiger partial charge in [-0.15, -0.1) is 5.54 Å². The lowest BCUT2D eigenvalue weighted by Gasteiger charge is -2.02. The van der Waals surface area contributed by atoms with Gasteiger partial charge in [-0.25, -0.2) is 0 Å². The highest BCUT2D eigenvalue weighted by Gasteiger charge is 2.08. The van der Waals surface area contributed by atoms with Gasteiger partial charge in [0.1, 0.15) is 13.6 Å². The number of hydrogen-bond acceptors (Lipinski definition) is 2. The summed E-state index contributed by atoms with van der Waals surface area (Å²) < 4.78 is 5.55. The van der Waals surface area contributed by atoms with E-state index in [0.29, 0.717) is 5.76 Å². The molecule has 0 spiro atoms. The van der Waals surface area contributed by atoms with Crippen LogP contribution in [0.25, 0.3) is 11.1 Å². The second-order valence-electron chi connectivity index (χ2n) is 4.50. The maximum absolute atomic E-state index is 5.55. The highest BCUT2D eigenvalue weighted by atomic mass is 28.3. The van der Waals surface area contributed by atoms with E-state index in [1.165, 1.54) is 0 Å². The molecule has 0 unspecified atom stereocenters. The zero-order valence-corrected chi connectivity index (χ0v) is 10.2. The van der Waals surface area contributed by atoms with Crippen molar-refractivity contribution in [2.75, 3.05) is 0 Å². The predicted molar refractivity (Wildman–Crippen MR) is 64.2 cm³/mol. The number of nitrogens with zero attached hydrogens (tertiary/aromatic N) is 1. The SMILES string of the molecule is C[Si](C)(C)C#Cc1cc2ncccc2o1. The molecule has 0 aliphatic rings. The maximum Gasteiger partial charge on any atom is 0.179 e. The van der Waals surface area contributed by atoms with Crippen LogP contribution in [-0.2, 0) is 0 Å². The highest BCUT2D eigenvalue weighted by molar-refractivity contribution is 6.83. The smallest absolute Gasteiger partial charge is 0.179 e. The zero-order valence-electron chi connectivity index (χ0n) is 9.16. The Hall–Kier alpha value is -1.53. The molecule has 0 atom stereocenters. The average molecular weight is 215 g/mol. The lowest BCUT2D eigenvalue weighted by Crippen LogP contribution is -2.16. The van der Waals surface area contributed by atoms with Crippen LogP contribution in [0.2, 0.25) is 19.6 Å². The van der Waals surface area contributed by atoms with E-state index in [-0.39, 0.29) is 0 Å². The van der Waals surface area contributed by atoms with Crippen LogP contribution in [0.15, 0.2) is 28.8 Å². The van der Waals surface area contributed by atoms with Crippen LogP contribution in [-0.4, -0.2) is 13.1 Å². The molecule has 0 saturated heterocycles. The van der Waals surface area contributed by atoms with Crippen molar-refractivity contribution in [2.45, 2.75) is 19.6 Å². The largest absolute Gasteiger partial charge is 0.446 e. The third-order valence-corrected chi connectivity index (χ3v) is 2.72. The van der Waals surface area contributed by atoms with Crippen LogP contribution >= 0.6 is 0 Å². The number of pyridine rings is 1. The van der Waals surface area contributed by atoms with Crippen molar-refractivity contribution in [3.63, 3.8) is 0 Å². The van der Waals surface area contributed by atoms with Crippen LogP contribution in [0, 0.1) is 11.5 Å². The summed E-state index contributed by atoms with van der Waals surface area (Å²) in [6, 6.07) is 5.66. The minimum absolute atomic E-state index is 0.714. The standard InChI is InChI=1S/C12H13NOSi/c1-15(2,3)8-6-10-9-11-12(14-10)5-4-7-13-11/h4-5,7,9H,1-3H3. The molecule has 0 N–H and O–H groups in total. The second-order valence-corrected chi connectivity index (χ2v) is 9.25. The molecule has 2 aromatic heterocycles. The van der Waals surface area contributed by atoms with Gasteiger partial charge in [-0.2, -0.15) is 0 Å². The van der Waals surface area contributed by atoms with Gasteiger partial charge in [0.05, 0.1) is 0 Å². The van der Waals surface area contributed by atoms with Gasteiger partial charge in [0.2, 0.25) is 0 Å². The number of furan rings is 1. The number of fused-ring (bicyclic) bond motifs is 1. The fourth-order valence-electron chi connectivity index (χ4n) is 1.18. The number of aromatic nitrogens is 1. The van der Waals surface area contributed by atoms with E-state index in [4.69, 9.17) is 4.42 Å². The fourth-order valence-corrected chi connectivity index (χ4v) is 1.68. The third kappa shape index (κ3) is 2.48. The molecule has 0 aliphatic heterocycles. The second kappa shape index (κ2) is 3.56. The van der Waals surface area contributed by atoms with Crippen molar-refractivity contribution >= 4 is 19.2 Å². The molecule has 0 bridgehead atoms. The summed E-state index contributed by atoms with van der Waals surface area (Å²) in [6.45, 7) is 6.63. The van der Waals surface area contributed by atoms with Crippen LogP contribution in [0.3, 0.4) is 0 Å². The van der Waals surface area contributed by atoms with E-state index >= 15 is 0 Å². The minimum atomic E-state index is -1.33. The first kappa shape index (κ1) is 10.0. The normalized spacial score (nSPS) is 11.1. The molecule has 0 amide bonds. The molecule has 15 heavy (non-hydrogen) atoms. The summed E-state index contributed by atoms with van der Waals surface area (Å²) in [5.41, 5.74) is 4.94. The molecule has 0 aliphatic carbocycles. The van der Waals surface area contributed by atoms with Gasteiger partial charge in [-0.05, 0) is 18.1 Å². The van der Waals surface area contributed by atoms with E-state index in [1.54, 1.807) is 6.20 Å². The maximum atomic E-state index is 5.55. The van der Waals surface area contributed by atoms with Gasteiger partial charge >= 0.3 is 0 Å². The van der Waals surface area contributed by atoms with Crippen molar-refractivity contribution in [2.24, 2.45) is 0 Å². The highest BCUT2D eigenvalue weighted by Crippen LogP contribution is 2.15. The number of hydrogen-bond donors (Lipinski definition) is 0. The van der Waals surface area contributed by atoms with Crippen molar-refractivity contribution in [1.29, 1.82) is 0 Å². The first-order chi connectivity index (χ1) is 7.04. The van der Waals surface area contributed by atoms with Crippen molar-refractivity contribution < 1.29 is 4.42 Å². The molecule has 76 valence electrons. The first-order valence-corrected chi connectivity index (χ1v) is 8.42. The first-order valence-electron chi connectivity index (χ1n) is 4.92. The summed E-state index contributed by atoms with van der Waals surface area (Å²) >= 11 is 0. The fraction of sp³-hybridized carbons (Fsp3) is 0.250. The summed E-state index contributed by atoms with van der Waals surface area (Å²) in [5, 5.41) is 0. The van der Waals surface area contributed by atoms with Crippen molar-refractivity contribution in [3.05, 3.63) is 30.2 Å². The topological polar surface area (TPSA) is 26.0 Å². The van der Waals surface area contributed by atoms with Crippen LogP contribution in [0.4, 0.5) is 0 Å². The minimum Gasteiger partial charge on any atom is -0.446 e. The molecule has 2 aromatic rings.